The number of rotatable bonds is 9. The van der Waals surface area contributed by atoms with Crippen LogP contribution in [0.5, 0.6) is 0 Å². The van der Waals surface area contributed by atoms with E-state index in [1.807, 2.05) is 65.0 Å². The fourth-order valence-corrected chi connectivity index (χ4v) is 5.35. The predicted octanol–water partition coefficient (Wildman–Crippen LogP) is 4.90. The second-order valence-electron chi connectivity index (χ2n) is 9.95. The van der Waals surface area contributed by atoms with Crippen LogP contribution >= 0.6 is 0 Å². The van der Waals surface area contributed by atoms with Crippen molar-refractivity contribution in [2.24, 2.45) is 0 Å². The highest BCUT2D eigenvalue weighted by Crippen LogP contribution is 2.31. The van der Waals surface area contributed by atoms with E-state index < -0.39 is 0 Å². The van der Waals surface area contributed by atoms with Crippen molar-refractivity contribution in [1.82, 2.24) is 19.6 Å². The monoisotopic (exact) mass is 529 g/mol. The van der Waals surface area contributed by atoms with Gasteiger partial charge in [-0.1, -0.05) is 49.4 Å². The zero-order valence-electron chi connectivity index (χ0n) is 22.9. The molecule has 39 heavy (non-hydrogen) atoms. The molecule has 1 aliphatic rings. The number of piperazine rings is 1. The Balaban J connectivity index is 1.56. The van der Waals surface area contributed by atoms with Crippen molar-refractivity contribution in [2.75, 3.05) is 57.9 Å². The second-order valence-corrected chi connectivity index (χ2v) is 9.95. The van der Waals surface area contributed by atoms with Crippen LogP contribution in [0.1, 0.15) is 28.5 Å². The van der Waals surface area contributed by atoms with Gasteiger partial charge in [0.05, 0.1) is 24.5 Å². The van der Waals surface area contributed by atoms with E-state index in [2.05, 4.69) is 16.7 Å². The van der Waals surface area contributed by atoms with Crippen molar-refractivity contribution in [3.8, 4) is 5.69 Å². The lowest BCUT2D eigenvalue weighted by molar-refractivity contribution is 0.0682. The molecule has 8 heteroatoms. The summed E-state index contributed by atoms with van der Waals surface area (Å²) in [6.45, 7) is 9.90. The highest BCUT2D eigenvalue weighted by molar-refractivity contribution is 6.07. The van der Waals surface area contributed by atoms with Gasteiger partial charge in [-0.25, -0.2) is 9.07 Å². The third kappa shape index (κ3) is 5.67. The van der Waals surface area contributed by atoms with Gasteiger partial charge >= 0.3 is 0 Å². The molecule has 4 aromatic rings. The molecule has 7 nitrogen and oxygen atoms in total. The van der Waals surface area contributed by atoms with Gasteiger partial charge < -0.3 is 19.4 Å². The van der Waals surface area contributed by atoms with Crippen LogP contribution < -0.4 is 4.90 Å². The Morgan fingerprint density at radius 3 is 2.51 bits per heavy atom. The molecule has 1 aromatic heterocycles. The van der Waals surface area contributed by atoms with Gasteiger partial charge in [0, 0.05) is 51.0 Å². The zero-order chi connectivity index (χ0) is 27.4. The summed E-state index contributed by atoms with van der Waals surface area (Å²) in [7, 11) is 1.65. The van der Waals surface area contributed by atoms with Gasteiger partial charge in [-0.05, 0) is 48.5 Å². The first-order valence-corrected chi connectivity index (χ1v) is 13.6. The number of ether oxygens (including phenoxy) is 1. The normalized spacial score (nSPS) is 14.2. The number of likely N-dealkylation sites (N-methyl/N-ethyl adjacent to an activating group) is 1. The van der Waals surface area contributed by atoms with Crippen LogP contribution in [0.4, 0.5) is 10.2 Å². The first-order chi connectivity index (χ1) is 19.0. The van der Waals surface area contributed by atoms with Gasteiger partial charge in [-0.3, -0.25) is 4.79 Å². The molecule has 1 amide bonds. The van der Waals surface area contributed by atoms with Gasteiger partial charge in [0.25, 0.3) is 5.91 Å². The van der Waals surface area contributed by atoms with E-state index in [1.54, 1.807) is 13.2 Å². The number of aromatic nitrogens is 2. The molecule has 1 fully saturated rings. The zero-order valence-corrected chi connectivity index (χ0v) is 22.9. The Bertz CT molecular complexity index is 1440. The molecule has 0 atom stereocenters. The molecule has 0 spiro atoms. The quantitative estimate of drug-likeness (QED) is 0.309. The van der Waals surface area contributed by atoms with E-state index in [9.17, 15) is 9.18 Å². The Kier molecular flexibility index (Phi) is 8.24. The average molecular weight is 530 g/mol. The number of fused-ring (bicyclic) bond motifs is 1. The van der Waals surface area contributed by atoms with Gasteiger partial charge in [-0.15, -0.1) is 0 Å². The maximum Gasteiger partial charge on any atom is 0.254 e. The number of amides is 1. The molecule has 5 rings (SSSR count). The molecule has 1 saturated heterocycles. The minimum atomic E-state index is -0.309. The summed E-state index contributed by atoms with van der Waals surface area (Å²) in [6.07, 6.45) is 0. The van der Waals surface area contributed by atoms with Gasteiger partial charge in [0.15, 0.2) is 0 Å². The van der Waals surface area contributed by atoms with Gasteiger partial charge in [0.1, 0.15) is 11.6 Å². The van der Waals surface area contributed by atoms with Gasteiger partial charge in [-0.2, -0.15) is 5.10 Å². The molecule has 204 valence electrons. The third-order valence-electron chi connectivity index (χ3n) is 7.55. The van der Waals surface area contributed by atoms with Crippen molar-refractivity contribution in [3.63, 3.8) is 0 Å². The summed E-state index contributed by atoms with van der Waals surface area (Å²) in [4.78, 5) is 20.6. The molecule has 0 bridgehead atoms. The standard InChI is InChI=1S/C31H36FN5O2/c1-4-34-15-17-35(18-16-34)30-29(23(2)33-37(30)26-12-8-11-25(32)21-26)22-36(19-20-39-3)31(38)28-14-7-10-24-9-5-6-13-27(24)28/h5-14,21H,4,15-20,22H2,1-3H3. The Morgan fingerprint density at radius 2 is 1.77 bits per heavy atom. The van der Waals surface area contributed by atoms with Crippen LogP contribution in [-0.2, 0) is 11.3 Å². The van der Waals surface area contributed by atoms with Crippen molar-refractivity contribution in [3.05, 3.63) is 89.4 Å². The first-order valence-electron chi connectivity index (χ1n) is 13.6. The number of nitrogens with zero attached hydrogens (tertiary/aromatic N) is 5. The molecule has 2 heterocycles. The number of hydrogen-bond donors (Lipinski definition) is 0. The first kappa shape index (κ1) is 26.8. The Hall–Kier alpha value is -3.75. The molecule has 0 N–H and O–H groups in total. The Labute approximate surface area is 229 Å². The lowest BCUT2D eigenvalue weighted by Crippen LogP contribution is -2.47. The molecule has 3 aromatic carbocycles. The summed E-state index contributed by atoms with van der Waals surface area (Å²) in [5, 5.41) is 6.83. The molecule has 0 unspecified atom stereocenters. The van der Waals surface area contributed by atoms with E-state index in [-0.39, 0.29) is 11.7 Å². The van der Waals surface area contributed by atoms with Crippen LogP contribution in [0, 0.1) is 12.7 Å². The number of aryl methyl sites for hydroxylation is 1. The van der Waals surface area contributed by atoms with E-state index in [0.29, 0.717) is 30.9 Å². The van der Waals surface area contributed by atoms with E-state index >= 15 is 0 Å². The summed E-state index contributed by atoms with van der Waals surface area (Å²) < 4.78 is 21.5. The highest BCUT2D eigenvalue weighted by atomic mass is 19.1. The second kappa shape index (κ2) is 12.0. The van der Waals surface area contributed by atoms with Crippen molar-refractivity contribution < 1.29 is 13.9 Å². The fraction of sp³-hybridized carbons (Fsp3) is 0.355. The van der Waals surface area contributed by atoms with Crippen molar-refractivity contribution in [1.29, 1.82) is 0 Å². The molecule has 0 radical (unpaired) electrons. The number of halogens is 1. The smallest absolute Gasteiger partial charge is 0.254 e. The van der Waals surface area contributed by atoms with Crippen LogP contribution in [0.25, 0.3) is 16.5 Å². The number of hydrogen-bond acceptors (Lipinski definition) is 5. The van der Waals surface area contributed by atoms with Crippen molar-refractivity contribution >= 4 is 22.5 Å². The van der Waals surface area contributed by atoms with E-state index in [4.69, 9.17) is 9.84 Å². The summed E-state index contributed by atoms with van der Waals surface area (Å²) >= 11 is 0. The number of carbonyl (C=O) groups excluding carboxylic acids is 1. The third-order valence-corrected chi connectivity index (χ3v) is 7.55. The van der Waals surface area contributed by atoms with Crippen LogP contribution in [0.2, 0.25) is 0 Å². The minimum Gasteiger partial charge on any atom is -0.383 e. The topological polar surface area (TPSA) is 53.8 Å². The summed E-state index contributed by atoms with van der Waals surface area (Å²) in [6, 6.07) is 20.3. The summed E-state index contributed by atoms with van der Waals surface area (Å²) in [5.41, 5.74) is 3.12. The lowest BCUT2D eigenvalue weighted by Gasteiger charge is -2.36. The fourth-order valence-electron chi connectivity index (χ4n) is 5.35. The van der Waals surface area contributed by atoms with E-state index in [0.717, 1.165) is 60.6 Å². The largest absolute Gasteiger partial charge is 0.383 e. The van der Waals surface area contributed by atoms with Crippen LogP contribution in [0.3, 0.4) is 0 Å². The highest BCUT2D eigenvalue weighted by Gasteiger charge is 2.28. The number of carbonyl (C=O) groups is 1. The predicted molar refractivity (Wildman–Crippen MR) is 153 cm³/mol. The maximum absolute atomic E-state index is 14.3. The molecule has 0 saturated carbocycles. The average Bonchev–Trinajstić information content (AvgIpc) is 3.30. The molecule has 1 aliphatic heterocycles. The van der Waals surface area contributed by atoms with Gasteiger partial charge in [0.2, 0.25) is 0 Å². The number of anilines is 1. The van der Waals surface area contributed by atoms with Crippen LogP contribution in [0.15, 0.2) is 66.7 Å². The SMILES string of the molecule is CCN1CCN(c2c(CN(CCOC)C(=O)c3cccc4ccccc34)c(C)nn2-c2cccc(F)c2)CC1. The van der Waals surface area contributed by atoms with E-state index in [1.165, 1.54) is 12.1 Å². The molecular weight excluding hydrogens is 493 g/mol. The number of benzene rings is 3. The molecule has 0 aliphatic carbocycles. The Morgan fingerprint density at radius 1 is 1.03 bits per heavy atom. The minimum absolute atomic E-state index is 0.0523. The molecular formula is C31H36FN5O2. The van der Waals surface area contributed by atoms with Crippen LogP contribution in [-0.4, -0.2) is 78.5 Å². The maximum atomic E-state index is 14.3. The lowest BCUT2D eigenvalue weighted by atomic mass is 10.0. The summed E-state index contributed by atoms with van der Waals surface area (Å²) in [5.74, 6) is 0.558. The number of methoxy groups -OCH3 is 1. The van der Waals surface area contributed by atoms with Crippen molar-refractivity contribution in [2.45, 2.75) is 20.4 Å².